The average molecular weight is 493 g/mol. The van der Waals surface area contributed by atoms with Crippen molar-refractivity contribution in [2.45, 2.75) is 63.8 Å². The molecule has 0 unspecified atom stereocenters. The minimum atomic E-state index is -0.356. The Balaban J connectivity index is 0.00000364. The van der Waals surface area contributed by atoms with E-state index >= 15 is 0 Å². The highest BCUT2D eigenvalue weighted by atomic mass is 127. The lowest BCUT2D eigenvalue weighted by Gasteiger charge is -2.31. The van der Waals surface area contributed by atoms with Crippen molar-refractivity contribution in [1.29, 1.82) is 0 Å². The van der Waals surface area contributed by atoms with Gasteiger partial charge in [-0.25, -0.2) is 0 Å². The highest BCUT2D eigenvalue weighted by Crippen LogP contribution is 2.38. The second-order valence-corrected chi connectivity index (χ2v) is 7.87. The van der Waals surface area contributed by atoms with Crippen LogP contribution in [0.25, 0.3) is 0 Å². The van der Waals surface area contributed by atoms with Crippen LogP contribution in [0.5, 0.6) is 0 Å². The van der Waals surface area contributed by atoms with Gasteiger partial charge in [-0.15, -0.1) is 24.0 Å². The molecule has 0 aromatic heterocycles. The predicted octanol–water partition coefficient (Wildman–Crippen LogP) is 1.87. The summed E-state index contributed by atoms with van der Waals surface area (Å²) in [6, 6.07) is 0.312. The van der Waals surface area contributed by atoms with E-state index in [-0.39, 0.29) is 47.8 Å². The highest BCUT2D eigenvalue weighted by Gasteiger charge is 2.42. The first-order valence-corrected chi connectivity index (χ1v) is 9.92. The molecular formula is C19H36IN5O2. The SMILES string of the molecule is CN=C(NCC(=O)NC1CCCCC1)NCC1(C(=O)N(C)C)CCCC1.I. The maximum atomic E-state index is 12.6. The Morgan fingerprint density at radius 2 is 1.67 bits per heavy atom. The topological polar surface area (TPSA) is 85.8 Å². The van der Waals surface area contributed by atoms with Gasteiger partial charge < -0.3 is 20.9 Å². The standard InChI is InChI=1S/C19H35N5O2.HI/c1-20-18(21-13-16(25)23-15-9-5-4-6-10-15)22-14-19(11-7-8-12-19)17(26)24(2)3;/h15H,4-14H2,1-3H3,(H,23,25)(H2,20,21,22);1H. The molecule has 0 aromatic rings. The molecule has 0 saturated heterocycles. The van der Waals surface area contributed by atoms with E-state index < -0.39 is 0 Å². The molecule has 8 heteroatoms. The van der Waals surface area contributed by atoms with Crippen molar-refractivity contribution < 1.29 is 9.59 Å². The van der Waals surface area contributed by atoms with Gasteiger partial charge in [0.15, 0.2) is 5.96 Å². The van der Waals surface area contributed by atoms with E-state index in [9.17, 15) is 9.59 Å². The lowest BCUT2D eigenvalue weighted by atomic mass is 9.84. The maximum absolute atomic E-state index is 12.6. The van der Waals surface area contributed by atoms with Crippen LogP contribution in [0, 0.1) is 5.41 Å². The number of carbonyl (C=O) groups excluding carboxylic acids is 2. The smallest absolute Gasteiger partial charge is 0.239 e. The van der Waals surface area contributed by atoms with Crippen LogP contribution in [0.4, 0.5) is 0 Å². The fraction of sp³-hybridized carbons (Fsp3) is 0.842. The minimum absolute atomic E-state index is 0. The fourth-order valence-electron chi connectivity index (χ4n) is 4.16. The first kappa shape index (κ1) is 24.0. The molecule has 0 bridgehead atoms. The molecule has 0 heterocycles. The van der Waals surface area contributed by atoms with Gasteiger partial charge in [0.2, 0.25) is 11.8 Å². The number of halogens is 1. The van der Waals surface area contributed by atoms with Crippen LogP contribution < -0.4 is 16.0 Å². The molecule has 2 amide bonds. The number of hydrogen-bond acceptors (Lipinski definition) is 3. The van der Waals surface area contributed by atoms with E-state index in [0.29, 0.717) is 18.5 Å². The molecule has 0 atom stereocenters. The summed E-state index contributed by atoms with van der Waals surface area (Å²) in [5.74, 6) is 0.745. The highest BCUT2D eigenvalue weighted by molar-refractivity contribution is 14.0. The Kier molecular flexibility index (Phi) is 10.4. The van der Waals surface area contributed by atoms with Crippen LogP contribution >= 0.6 is 24.0 Å². The van der Waals surface area contributed by atoms with E-state index in [1.165, 1.54) is 19.3 Å². The zero-order chi connectivity index (χ0) is 19.0. The normalized spacial score (nSPS) is 19.7. The van der Waals surface area contributed by atoms with Crippen LogP contribution in [0.1, 0.15) is 57.8 Å². The van der Waals surface area contributed by atoms with Crippen LogP contribution in [0.15, 0.2) is 4.99 Å². The lowest BCUT2D eigenvalue weighted by Crippen LogP contribution is -2.51. The summed E-state index contributed by atoms with van der Waals surface area (Å²) in [4.78, 5) is 30.6. The number of amides is 2. The summed E-state index contributed by atoms with van der Waals surface area (Å²) in [5.41, 5.74) is -0.356. The van der Waals surface area contributed by atoms with Crippen molar-refractivity contribution in [2.75, 3.05) is 34.2 Å². The number of carbonyl (C=O) groups is 2. The third-order valence-electron chi connectivity index (χ3n) is 5.63. The number of nitrogens with zero attached hydrogens (tertiary/aromatic N) is 2. The van der Waals surface area contributed by atoms with Crippen LogP contribution in [-0.4, -0.2) is 62.9 Å². The van der Waals surface area contributed by atoms with E-state index in [2.05, 4.69) is 20.9 Å². The van der Waals surface area contributed by atoms with E-state index in [1.807, 2.05) is 14.1 Å². The van der Waals surface area contributed by atoms with Crippen molar-refractivity contribution in [3.63, 3.8) is 0 Å². The maximum Gasteiger partial charge on any atom is 0.239 e. The number of aliphatic imine (C=N–C) groups is 1. The first-order chi connectivity index (χ1) is 12.5. The molecule has 0 radical (unpaired) electrons. The van der Waals surface area contributed by atoms with Gasteiger partial charge >= 0.3 is 0 Å². The summed E-state index contributed by atoms with van der Waals surface area (Å²) >= 11 is 0. The molecule has 0 aliphatic heterocycles. The quantitative estimate of drug-likeness (QED) is 0.300. The molecule has 2 saturated carbocycles. The van der Waals surface area contributed by atoms with Crippen molar-refractivity contribution in [3.8, 4) is 0 Å². The zero-order valence-corrected chi connectivity index (χ0v) is 19.3. The third kappa shape index (κ3) is 7.12. The molecule has 0 spiro atoms. The third-order valence-corrected chi connectivity index (χ3v) is 5.63. The molecule has 27 heavy (non-hydrogen) atoms. The Labute approximate surface area is 180 Å². The van der Waals surface area contributed by atoms with Gasteiger partial charge in [0.1, 0.15) is 0 Å². The molecule has 7 nitrogen and oxygen atoms in total. The summed E-state index contributed by atoms with van der Waals surface area (Å²) in [6.45, 7) is 0.749. The second kappa shape index (κ2) is 11.7. The Morgan fingerprint density at radius 3 is 2.22 bits per heavy atom. The van der Waals surface area contributed by atoms with Crippen LogP contribution in [0.2, 0.25) is 0 Å². The van der Waals surface area contributed by atoms with Gasteiger partial charge in [-0.3, -0.25) is 14.6 Å². The van der Waals surface area contributed by atoms with E-state index in [1.54, 1.807) is 11.9 Å². The number of nitrogens with one attached hydrogen (secondary N) is 3. The number of guanidine groups is 1. The van der Waals surface area contributed by atoms with Gasteiger partial charge in [0.05, 0.1) is 12.0 Å². The van der Waals surface area contributed by atoms with Gasteiger partial charge in [0, 0.05) is 33.7 Å². The summed E-state index contributed by atoms with van der Waals surface area (Å²) in [5, 5.41) is 9.42. The van der Waals surface area contributed by atoms with Crippen molar-refractivity contribution in [1.82, 2.24) is 20.9 Å². The molecule has 2 aliphatic carbocycles. The van der Waals surface area contributed by atoms with Crippen LogP contribution in [0.3, 0.4) is 0 Å². The largest absolute Gasteiger partial charge is 0.355 e. The van der Waals surface area contributed by atoms with E-state index in [0.717, 1.165) is 38.5 Å². The summed E-state index contributed by atoms with van der Waals surface area (Å²) in [7, 11) is 5.31. The second-order valence-electron chi connectivity index (χ2n) is 7.87. The average Bonchev–Trinajstić information content (AvgIpc) is 3.12. The van der Waals surface area contributed by atoms with Gasteiger partial charge in [0.25, 0.3) is 0 Å². The lowest BCUT2D eigenvalue weighted by molar-refractivity contribution is -0.138. The monoisotopic (exact) mass is 493 g/mol. The zero-order valence-electron chi connectivity index (χ0n) is 17.0. The number of hydrogen-bond donors (Lipinski definition) is 3. The Morgan fingerprint density at radius 1 is 1.04 bits per heavy atom. The van der Waals surface area contributed by atoms with Gasteiger partial charge in [-0.2, -0.15) is 0 Å². The minimum Gasteiger partial charge on any atom is -0.355 e. The molecule has 3 N–H and O–H groups in total. The van der Waals surface area contributed by atoms with Crippen molar-refractivity contribution >= 4 is 41.8 Å². The van der Waals surface area contributed by atoms with Crippen molar-refractivity contribution in [3.05, 3.63) is 0 Å². The Bertz CT molecular complexity index is 512. The molecule has 2 rings (SSSR count). The van der Waals surface area contributed by atoms with Crippen molar-refractivity contribution in [2.24, 2.45) is 10.4 Å². The molecular weight excluding hydrogens is 457 g/mol. The first-order valence-electron chi connectivity index (χ1n) is 9.92. The number of rotatable bonds is 6. The predicted molar refractivity (Wildman–Crippen MR) is 119 cm³/mol. The molecule has 0 aromatic carbocycles. The van der Waals surface area contributed by atoms with Gasteiger partial charge in [-0.1, -0.05) is 32.1 Å². The molecule has 2 fully saturated rings. The summed E-state index contributed by atoms with van der Waals surface area (Å²) in [6.07, 6.45) is 9.78. The summed E-state index contributed by atoms with van der Waals surface area (Å²) < 4.78 is 0. The molecule has 156 valence electrons. The Hall–Kier alpha value is -1.06. The van der Waals surface area contributed by atoms with Crippen LogP contribution in [-0.2, 0) is 9.59 Å². The van der Waals surface area contributed by atoms with Gasteiger partial charge in [-0.05, 0) is 25.7 Å². The fourth-order valence-corrected chi connectivity index (χ4v) is 4.16. The molecule has 2 aliphatic rings. The van der Waals surface area contributed by atoms with E-state index in [4.69, 9.17) is 0 Å².